The van der Waals surface area contributed by atoms with Crippen molar-refractivity contribution >= 4 is 11.8 Å². The van der Waals surface area contributed by atoms with Gasteiger partial charge in [0.25, 0.3) is 0 Å². The molecule has 0 saturated heterocycles. The first kappa shape index (κ1) is 14.5. The number of ether oxygens (including phenoxy) is 1. The molecule has 2 aromatic rings. The SMILES string of the molecule is CCC(C)COC(=O)c1cccc2c1-c1ccccc1C2=O. The Balaban J connectivity index is 2.00. The summed E-state index contributed by atoms with van der Waals surface area (Å²) < 4.78 is 5.41. The third-order valence-electron chi connectivity index (χ3n) is 4.17. The highest BCUT2D eigenvalue weighted by Crippen LogP contribution is 2.38. The highest BCUT2D eigenvalue weighted by molar-refractivity contribution is 6.24. The van der Waals surface area contributed by atoms with Crippen LogP contribution < -0.4 is 0 Å². The molecule has 22 heavy (non-hydrogen) atoms. The number of rotatable bonds is 4. The summed E-state index contributed by atoms with van der Waals surface area (Å²) in [5, 5.41) is 0. The fraction of sp³-hybridized carbons (Fsp3) is 0.263. The van der Waals surface area contributed by atoms with Gasteiger partial charge in [-0.25, -0.2) is 4.79 Å². The number of hydrogen-bond acceptors (Lipinski definition) is 3. The van der Waals surface area contributed by atoms with E-state index in [0.29, 0.717) is 34.8 Å². The maximum atomic E-state index is 12.4. The van der Waals surface area contributed by atoms with Gasteiger partial charge in [0.2, 0.25) is 0 Å². The minimum atomic E-state index is -0.360. The minimum absolute atomic E-state index is 0.0258. The summed E-state index contributed by atoms with van der Waals surface area (Å²) in [5.41, 5.74) is 3.23. The van der Waals surface area contributed by atoms with E-state index in [1.165, 1.54) is 0 Å². The molecule has 3 heteroatoms. The molecule has 0 bridgehead atoms. The van der Waals surface area contributed by atoms with Crippen molar-refractivity contribution in [2.24, 2.45) is 5.92 Å². The fourth-order valence-corrected chi connectivity index (χ4v) is 2.66. The Kier molecular flexibility index (Phi) is 3.80. The van der Waals surface area contributed by atoms with E-state index in [1.807, 2.05) is 25.1 Å². The molecule has 0 fully saturated rings. The molecule has 3 rings (SSSR count). The van der Waals surface area contributed by atoms with Gasteiger partial charge in [0, 0.05) is 16.7 Å². The summed E-state index contributed by atoms with van der Waals surface area (Å²) >= 11 is 0. The van der Waals surface area contributed by atoms with Crippen LogP contribution >= 0.6 is 0 Å². The molecule has 1 atom stereocenters. The van der Waals surface area contributed by atoms with Crippen molar-refractivity contribution in [1.82, 2.24) is 0 Å². The van der Waals surface area contributed by atoms with Gasteiger partial charge in [-0.2, -0.15) is 0 Å². The average molecular weight is 294 g/mol. The molecule has 2 aromatic carbocycles. The normalized spacial score (nSPS) is 13.5. The van der Waals surface area contributed by atoms with E-state index < -0.39 is 0 Å². The summed E-state index contributed by atoms with van der Waals surface area (Å²) in [5.74, 6) is -0.0570. The summed E-state index contributed by atoms with van der Waals surface area (Å²) in [7, 11) is 0. The second kappa shape index (κ2) is 5.76. The number of hydrogen-bond donors (Lipinski definition) is 0. The molecule has 0 N–H and O–H groups in total. The zero-order chi connectivity index (χ0) is 15.7. The Morgan fingerprint density at radius 3 is 2.45 bits per heavy atom. The molecule has 0 aliphatic heterocycles. The van der Waals surface area contributed by atoms with Crippen LogP contribution in [0.15, 0.2) is 42.5 Å². The van der Waals surface area contributed by atoms with Crippen LogP contribution in [0.4, 0.5) is 0 Å². The second-order valence-electron chi connectivity index (χ2n) is 5.71. The average Bonchev–Trinajstić information content (AvgIpc) is 2.86. The van der Waals surface area contributed by atoms with Crippen molar-refractivity contribution in [3.8, 4) is 11.1 Å². The van der Waals surface area contributed by atoms with Crippen molar-refractivity contribution < 1.29 is 14.3 Å². The van der Waals surface area contributed by atoms with Crippen molar-refractivity contribution in [2.45, 2.75) is 20.3 Å². The van der Waals surface area contributed by atoms with E-state index in [-0.39, 0.29) is 11.8 Å². The van der Waals surface area contributed by atoms with Gasteiger partial charge in [0.05, 0.1) is 12.2 Å². The minimum Gasteiger partial charge on any atom is -0.462 e. The molecule has 1 aliphatic carbocycles. The van der Waals surface area contributed by atoms with Crippen LogP contribution in [0, 0.1) is 5.92 Å². The number of benzene rings is 2. The van der Waals surface area contributed by atoms with Crippen LogP contribution in [0.5, 0.6) is 0 Å². The standard InChI is InChI=1S/C19H18O3/c1-3-12(2)11-22-19(21)16-10-6-9-15-17(16)13-7-4-5-8-14(13)18(15)20/h4-10,12H,3,11H2,1-2H3. The van der Waals surface area contributed by atoms with E-state index in [1.54, 1.807) is 24.3 Å². The van der Waals surface area contributed by atoms with Gasteiger partial charge in [-0.15, -0.1) is 0 Å². The predicted octanol–water partition coefficient (Wildman–Crippen LogP) is 4.10. The van der Waals surface area contributed by atoms with Crippen LogP contribution in [-0.4, -0.2) is 18.4 Å². The van der Waals surface area contributed by atoms with Gasteiger partial charge in [0.15, 0.2) is 5.78 Å². The largest absolute Gasteiger partial charge is 0.462 e. The number of carbonyl (C=O) groups is 2. The molecule has 0 saturated carbocycles. The van der Waals surface area contributed by atoms with Gasteiger partial charge in [-0.05, 0) is 17.5 Å². The molecular weight excluding hydrogens is 276 g/mol. The van der Waals surface area contributed by atoms with Gasteiger partial charge in [-0.1, -0.05) is 56.7 Å². The molecule has 1 aliphatic rings. The monoisotopic (exact) mass is 294 g/mol. The van der Waals surface area contributed by atoms with Crippen molar-refractivity contribution in [3.05, 3.63) is 59.2 Å². The Labute approximate surface area is 129 Å². The number of ketones is 1. The molecule has 3 nitrogen and oxygen atoms in total. The molecule has 0 amide bonds. The molecule has 1 unspecified atom stereocenters. The van der Waals surface area contributed by atoms with E-state index >= 15 is 0 Å². The zero-order valence-electron chi connectivity index (χ0n) is 12.8. The van der Waals surface area contributed by atoms with Crippen LogP contribution in [0.2, 0.25) is 0 Å². The molecule has 0 radical (unpaired) electrons. The molecule has 0 spiro atoms. The third kappa shape index (κ3) is 2.33. The first-order valence-electron chi connectivity index (χ1n) is 7.57. The van der Waals surface area contributed by atoms with E-state index in [2.05, 4.69) is 6.92 Å². The lowest BCUT2D eigenvalue weighted by Crippen LogP contribution is -2.12. The molecule has 0 aromatic heterocycles. The Morgan fingerprint density at radius 1 is 1.05 bits per heavy atom. The van der Waals surface area contributed by atoms with Crippen LogP contribution in [0.3, 0.4) is 0 Å². The lowest BCUT2D eigenvalue weighted by Gasteiger charge is -2.12. The van der Waals surface area contributed by atoms with Crippen LogP contribution in [-0.2, 0) is 4.74 Å². The molecule has 0 heterocycles. The molecule has 112 valence electrons. The van der Waals surface area contributed by atoms with E-state index in [4.69, 9.17) is 4.74 Å². The summed E-state index contributed by atoms with van der Waals surface area (Å²) in [6.45, 7) is 4.50. The van der Waals surface area contributed by atoms with E-state index in [0.717, 1.165) is 12.0 Å². The molecular formula is C19H18O3. The Bertz CT molecular complexity index is 746. The topological polar surface area (TPSA) is 43.4 Å². The highest BCUT2D eigenvalue weighted by atomic mass is 16.5. The van der Waals surface area contributed by atoms with Gasteiger partial charge < -0.3 is 4.74 Å². The maximum absolute atomic E-state index is 12.4. The summed E-state index contributed by atoms with van der Waals surface area (Å²) in [6.07, 6.45) is 0.960. The number of esters is 1. The maximum Gasteiger partial charge on any atom is 0.338 e. The van der Waals surface area contributed by atoms with Crippen LogP contribution in [0.1, 0.15) is 46.5 Å². The third-order valence-corrected chi connectivity index (χ3v) is 4.17. The van der Waals surface area contributed by atoms with Gasteiger partial charge in [-0.3, -0.25) is 4.79 Å². The first-order valence-corrected chi connectivity index (χ1v) is 7.57. The number of carbonyl (C=O) groups excluding carboxylic acids is 2. The van der Waals surface area contributed by atoms with Crippen molar-refractivity contribution in [3.63, 3.8) is 0 Å². The predicted molar refractivity (Wildman–Crippen MR) is 85.0 cm³/mol. The first-order chi connectivity index (χ1) is 10.6. The smallest absolute Gasteiger partial charge is 0.338 e. The lowest BCUT2D eigenvalue weighted by molar-refractivity contribution is 0.0448. The Morgan fingerprint density at radius 2 is 1.73 bits per heavy atom. The zero-order valence-corrected chi connectivity index (χ0v) is 12.8. The van der Waals surface area contributed by atoms with Crippen molar-refractivity contribution in [1.29, 1.82) is 0 Å². The quantitative estimate of drug-likeness (QED) is 0.680. The van der Waals surface area contributed by atoms with Gasteiger partial charge in [0.1, 0.15) is 0 Å². The number of fused-ring (bicyclic) bond motifs is 3. The lowest BCUT2D eigenvalue weighted by atomic mass is 9.99. The second-order valence-corrected chi connectivity index (χ2v) is 5.71. The van der Waals surface area contributed by atoms with E-state index in [9.17, 15) is 9.59 Å². The fourth-order valence-electron chi connectivity index (χ4n) is 2.66. The Hall–Kier alpha value is -2.42. The van der Waals surface area contributed by atoms with Crippen molar-refractivity contribution in [2.75, 3.05) is 6.61 Å². The van der Waals surface area contributed by atoms with Crippen LogP contribution in [0.25, 0.3) is 11.1 Å². The van der Waals surface area contributed by atoms with Gasteiger partial charge >= 0.3 is 5.97 Å². The summed E-state index contributed by atoms with van der Waals surface area (Å²) in [4.78, 5) is 24.8. The highest BCUT2D eigenvalue weighted by Gasteiger charge is 2.30. The summed E-state index contributed by atoms with van der Waals surface area (Å²) in [6, 6.07) is 12.6.